The molecule has 1 aromatic carbocycles. The van der Waals surface area contributed by atoms with Crippen molar-refractivity contribution in [2.24, 2.45) is 5.73 Å². The van der Waals surface area contributed by atoms with E-state index in [0.29, 0.717) is 21.5 Å². The molecule has 0 saturated carbocycles. The van der Waals surface area contributed by atoms with Gasteiger partial charge >= 0.3 is 5.97 Å². The molecule has 3 heterocycles. The first-order chi connectivity index (χ1) is 15.4. The smallest absolute Gasteiger partial charge is 0.320 e. The summed E-state index contributed by atoms with van der Waals surface area (Å²) in [6.45, 7) is 3.26. The van der Waals surface area contributed by atoms with Gasteiger partial charge in [0.2, 0.25) is 10.9 Å². The number of hydrogen-bond acceptors (Lipinski definition) is 9. The molecule has 1 saturated heterocycles. The van der Waals surface area contributed by atoms with Crippen LogP contribution in [0.2, 0.25) is 0 Å². The van der Waals surface area contributed by atoms with Crippen molar-refractivity contribution in [3.63, 3.8) is 0 Å². The first-order valence-corrected chi connectivity index (χ1v) is 11.0. The molecule has 11 nitrogen and oxygen atoms in total. The fourth-order valence-corrected chi connectivity index (χ4v) is 4.23. The number of nitrogens with one attached hydrogen (secondary N) is 2. The van der Waals surface area contributed by atoms with Gasteiger partial charge in [-0.3, -0.25) is 14.4 Å². The second kappa shape index (κ2) is 9.42. The molecule has 2 aromatic heterocycles. The van der Waals surface area contributed by atoms with Gasteiger partial charge in [0.1, 0.15) is 16.9 Å². The Labute approximate surface area is 186 Å². The minimum atomic E-state index is -1.14. The summed E-state index contributed by atoms with van der Waals surface area (Å²) in [5.74, 6) is -0.825. The highest BCUT2D eigenvalue weighted by atomic mass is 32.1. The van der Waals surface area contributed by atoms with Crippen LogP contribution in [0.4, 0.5) is 11.5 Å². The molecule has 5 N–H and O–H groups in total. The molecule has 0 radical (unpaired) electrons. The van der Waals surface area contributed by atoms with Crippen LogP contribution < -0.4 is 26.8 Å². The van der Waals surface area contributed by atoms with Crippen molar-refractivity contribution in [1.82, 2.24) is 19.9 Å². The average molecular weight is 458 g/mol. The van der Waals surface area contributed by atoms with Crippen LogP contribution in [0.1, 0.15) is 12.8 Å². The zero-order chi connectivity index (χ0) is 22.7. The van der Waals surface area contributed by atoms with Crippen molar-refractivity contribution >= 4 is 39.7 Å². The highest BCUT2D eigenvalue weighted by Crippen LogP contribution is 2.27. The van der Waals surface area contributed by atoms with Crippen molar-refractivity contribution in [1.29, 1.82) is 0 Å². The number of carbonyl (C=O) groups excluding carboxylic acids is 1. The monoisotopic (exact) mass is 457 g/mol. The topological polar surface area (TPSA) is 155 Å². The predicted octanol–water partition coefficient (Wildman–Crippen LogP) is 0.358. The average Bonchev–Trinajstić information content (AvgIpc) is 3.23. The van der Waals surface area contributed by atoms with E-state index in [1.54, 1.807) is 18.2 Å². The number of carboxylic acid groups (broad SMARTS) is 1. The Balaban J connectivity index is 1.53. The molecule has 1 unspecified atom stereocenters. The van der Waals surface area contributed by atoms with E-state index in [2.05, 4.69) is 25.6 Å². The van der Waals surface area contributed by atoms with E-state index < -0.39 is 12.0 Å². The van der Waals surface area contributed by atoms with Crippen LogP contribution >= 0.6 is 11.3 Å². The van der Waals surface area contributed by atoms with E-state index in [4.69, 9.17) is 10.8 Å². The van der Waals surface area contributed by atoms with Gasteiger partial charge in [-0.15, -0.1) is 0 Å². The Morgan fingerprint density at radius 2 is 2.06 bits per heavy atom. The van der Waals surface area contributed by atoms with Crippen molar-refractivity contribution in [3.8, 4) is 10.6 Å². The van der Waals surface area contributed by atoms with Crippen LogP contribution in [-0.4, -0.2) is 63.8 Å². The van der Waals surface area contributed by atoms with E-state index in [9.17, 15) is 14.4 Å². The Kier molecular flexibility index (Phi) is 6.44. The molecule has 1 aliphatic heterocycles. The van der Waals surface area contributed by atoms with Gasteiger partial charge in [-0.1, -0.05) is 23.5 Å². The number of aromatic nitrogens is 3. The Morgan fingerprint density at radius 1 is 1.28 bits per heavy atom. The Morgan fingerprint density at radius 3 is 2.81 bits per heavy atom. The maximum atomic E-state index is 12.6. The summed E-state index contributed by atoms with van der Waals surface area (Å²) in [5.41, 5.74) is 6.46. The van der Waals surface area contributed by atoms with Crippen molar-refractivity contribution in [3.05, 3.63) is 40.7 Å². The third kappa shape index (κ3) is 4.93. The zero-order valence-electron chi connectivity index (χ0n) is 17.2. The van der Waals surface area contributed by atoms with E-state index in [1.807, 2.05) is 6.07 Å². The second-order valence-corrected chi connectivity index (χ2v) is 8.36. The second-order valence-electron chi connectivity index (χ2n) is 7.40. The molecule has 3 aromatic rings. The summed E-state index contributed by atoms with van der Waals surface area (Å²) in [7, 11) is 0. The van der Waals surface area contributed by atoms with Crippen molar-refractivity contribution in [2.75, 3.05) is 36.4 Å². The van der Waals surface area contributed by atoms with E-state index in [0.717, 1.165) is 31.7 Å². The molecule has 1 amide bonds. The lowest BCUT2D eigenvalue weighted by molar-refractivity contribution is -0.138. The minimum Gasteiger partial charge on any atom is -0.480 e. The van der Waals surface area contributed by atoms with Crippen molar-refractivity contribution < 1.29 is 14.7 Å². The van der Waals surface area contributed by atoms with Crippen molar-refractivity contribution in [2.45, 2.75) is 18.9 Å². The molecule has 1 aliphatic rings. The van der Waals surface area contributed by atoms with Gasteiger partial charge < -0.3 is 26.4 Å². The van der Waals surface area contributed by atoms with Gasteiger partial charge in [0.15, 0.2) is 0 Å². The lowest BCUT2D eigenvalue weighted by atomic mass is 10.1. The van der Waals surface area contributed by atoms with Gasteiger partial charge in [-0.05, 0) is 18.6 Å². The highest BCUT2D eigenvalue weighted by Gasteiger charge is 2.17. The molecule has 32 heavy (non-hydrogen) atoms. The summed E-state index contributed by atoms with van der Waals surface area (Å²) in [6.07, 6.45) is 0.0374. The Hall–Kier alpha value is -3.35. The number of fused-ring (bicyclic) bond motifs is 1. The highest BCUT2D eigenvalue weighted by molar-refractivity contribution is 7.19. The number of hydrogen-bond donors (Lipinski definition) is 4. The van der Waals surface area contributed by atoms with E-state index in [-0.39, 0.29) is 24.3 Å². The summed E-state index contributed by atoms with van der Waals surface area (Å²) in [6, 6.07) is 7.48. The van der Waals surface area contributed by atoms with E-state index in [1.165, 1.54) is 21.9 Å². The van der Waals surface area contributed by atoms with Crippen LogP contribution in [0.5, 0.6) is 0 Å². The predicted molar refractivity (Wildman–Crippen MR) is 121 cm³/mol. The molecule has 168 valence electrons. The molecular formula is C20H23N7O4S. The fraction of sp³-hybridized carbons (Fsp3) is 0.350. The molecule has 1 atom stereocenters. The molecule has 4 rings (SSSR count). The number of amides is 1. The quantitative estimate of drug-likeness (QED) is 0.393. The van der Waals surface area contributed by atoms with Gasteiger partial charge in [0.05, 0.1) is 0 Å². The number of aliphatic carboxylic acids is 1. The van der Waals surface area contributed by atoms with Crippen LogP contribution in [0.25, 0.3) is 15.5 Å². The number of carboxylic acids is 1. The third-order valence-corrected chi connectivity index (χ3v) is 6.02. The fourth-order valence-electron chi connectivity index (χ4n) is 3.34. The number of piperazine rings is 1. The van der Waals surface area contributed by atoms with Crippen LogP contribution in [-0.2, 0) is 9.59 Å². The lowest BCUT2D eigenvalue weighted by Gasteiger charge is -2.27. The van der Waals surface area contributed by atoms with Crippen LogP contribution in [0.15, 0.2) is 35.1 Å². The standard InChI is InChI=1S/C20H23N7O4S/c21-14(19(30)31)4-5-16(28)23-13-3-1-2-12(10-13)18-25-27-17(29)11-15(24-20(27)32-18)26-8-6-22-7-9-26/h1-3,10-11,14,22H,4-9,21H2,(H,23,28)(H,30,31). The maximum Gasteiger partial charge on any atom is 0.320 e. The number of nitrogens with zero attached hydrogens (tertiary/aromatic N) is 4. The zero-order valence-corrected chi connectivity index (χ0v) is 18.0. The first-order valence-electron chi connectivity index (χ1n) is 10.2. The molecule has 12 heteroatoms. The summed E-state index contributed by atoms with van der Waals surface area (Å²) in [4.78, 5) is 42.7. The number of nitrogens with two attached hydrogens (primary N) is 1. The number of rotatable bonds is 7. The van der Waals surface area contributed by atoms with Crippen LogP contribution in [0.3, 0.4) is 0 Å². The Bertz CT molecular complexity index is 1200. The normalized spacial score (nSPS) is 15.0. The van der Waals surface area contributed by atoms with E-state index >= 15 is 0 Å². The molecule has 0 spiro atoms. The third-order valence-electron chi connectivity index (χ3n) is 5.07. The molecule has 0 bridgehead atoms. The molecule has 0 aliphatic carbocycles. The number of benzene rings is 1. The lowest BCUT2D eigenvalue weighted by Crippen LogP contribution is -2.44. The molecular weight excluding hydrogens is 434 g/mol. The molecule has 1 fully saturated rings. The summed E-state index contributed by atoms with van der Waals surface area (Å²) < 4.78 is 1.28. The van der Waals surface area contributed by atoms with Gasteiger partial charge in [0.25, 0.3) is 5.56 Å². The SMILES string of the molecule is NC(CCC(=O)Nc1cccc(-c2nn3c(=O)cc(N4CCNCC4)nc3s2)c1)C(=O)O. The largest absolute Gasteiger partial charge is 0.480 e. The number of anilines is 2. The minimum absolute atomic E-state index is 0.00700. The number of carbonyl (C=O) groups is 2. The first kappa shape index (κ1) is 21.9. The summed E-state index contributed by atoms with van der Waals surface area (Å²) in [5, 5.41) is 19.8. The van der Waals surface area contributed by atoms with Crippen LogP contribution in [0, 0.1) is 0 Å². The van der Waals surface area contributed by atoms with Gasteiger partial charge in [0, 0.05) is 49.9 Å². The van der Waals surface area contributed by atoms with Gasteiger partial charge in [-0.2, -0.15) is 9.61 Å². The maximum absolute atomic E-state index is 12.6. The summed E-state index contributed by atoms with van der Waals surface area (Å²) >= 11 is 1.29. The van der Waals surface area contributed by atoms with Gasteiger partial charge in [-0.25, -0.2) is 4.98 Å².